The highest BCUT2D eigenvalue weighted by atomic mass is 79.9. The third-order valence-electron chi connectivity index (χ3n) is 8.61. The number of Topliss-reactive ketones (excluding diaryl/α,β-unsaturated/α-hetero) is 1. The molecule has 36 heavy (non-hydrogen) atoms. The van der Waals surface area contributed by atoms with Gasteiger partial charge in [-0.3, -0.25) is 24.1 Å². The third-order valence-corrected chi connectivity index (χ3v) is 9.20. The lowest BCUT2D eigenvalue weighted by molar-refractivity contribution is -0.143. The monoisotopic (exact) mass is 553 g/mol. The molecule has 0 aromatic heterocycles. The SMILES string of the molecule is O=C1C=C(Br)C(=O)C2=C1[C@@H](c1ccc(O)c(F)c1)C1=CC[C@@H]3C(=O)N(C4CCCCC4)C(=O)[C@@H]3[C@@H]1C2. The number of halogens is 2. The molecule has 1 heterocycles. The summed E-state index contributed by atoms with van der Waals surface area (Å²) in [5.41, 5.74) is 1.81. The first-order valence-corrected chi connectivity index (χ1v) is 13.3. The Morgan fingerprint density at radius 1 is 1.00 bits per heavy atom. The summed E-state index contributed by atoms with van der Waals surface area (Å²) in [5, 5.41) is 9.75. The maximum absolute atomic E-state index is 14.4. The number of ketones is 2. The van der Waals surface area contributed by atoms with Crippen molar-refractivity contribution in [2.45, 2.75) is 56.9 Å². The Hall–Kier alpha value is -2.87. The molecule has 186 valence electrons. The van der Waals surface area contributed by atoms with Crippen LogP contribution in [0.2, 0.25) is 0 Å². The van der Waals surface area contributed by atoms with Crippen LogP contribution in [-0.2, 0) is 19.2 Å². The van der Waals surface area contributed by atoms with Gasteiger partial charge in [-0.05, 0) is 65.2 Å². The quantitative estimate of drug-likeness (QED) is 0.327. The number of likely N-dealkylation sites (tertiary alicyclic amines) is 1. The average Bonchev–Trinajstić information content (AvgIpc) is 3.13. The topological polar surface area (TPSA) is 91.8 Å². The normalized spacial score (nSPS) is 30.7. The standard InChI is InChI=1S/C28H25BrFNO5/c29-19-12-22(33)25-18(26(19)34)11-17-15(23(25)13-6-9-21(32)20(30)10-13)7-8-16-24(17)28(36)31(27(16)35)14-4-2-1-3-5-14/h6-7,9-10,12,14,16-17,23-24,32H,1-5,8,11H2/t16-,17+,23-,24-/m0/s1. The fourth-order valence-electron chi connectivity index (χ4n) is 7.01. The molecule has 4 atom stereocenters. The van der Waals surface area contributed by atoms with Gasteiger partial charge in [0.2, 0.25) is 11.8 Å². The van der Waals surface area contributed by atoms with E-state index in [0.29, 0.717) is 17.6 Å². The Balaban J connectivity index is 1.47. The Labute approximate surface area is 216 Å². The number of carbonyl (C=O) groups is 4. The molecular weight excluding hydrogens is 529 g/mol. The summed E-state index contributed by atoms with van der Waals surface area (Å²) in [5.74, 6) is -4.57. The smallest absolute Gasteiger partial charge is 0.233 e. The van der Waals surface area contributed by atoms with Crippen LogP contribution < -0.4 is 0 Å². The molecule has 8 heteroatoms. The molecule has 1 aromatic rings. The molecule has 0 spiro atoms. The molecule has 1 aromatic carbocycles. The van der Waals surface area contributed by atoms with Gasteiger partial charge in [0.15, 0.2) is 23.1 Å². The minimum absolute atomic E-state index is 0.0804. The highest BCUT2D eigenvalue weighted by Crippen LogP contribution is 2.55. The Bertz CT molecular complexity index is 1320. The highest BCUT2D eigenvalue weighted by Gasteiger charge is 2.57. The van der Waals surface area contributed by atoms with Gasteiger partial charge >= 0.3 is 0 Å². The van der Waals surface area contributed by atoms with E-state index in [0.717, 1.165) is 37.7 Å². The molecule has 6 nitrogen and oxygen atoms in total. The molecular formula is C28H25BrFNO5. The summed E-state index contributed by atoms with van der Waals surface area (Å²) in [6.07, 6.45) is 8.44. The van der Waals surface area contributed by atoms with Crippen molar-refractivity contribution in [3.63, 3.8) is 0 Å². The summed E-state index contributed by atoms with van der Waals surface area (Å²) in [6.45, 7) is 0. The van der Waals surface area contributed by atoms with Gasteiger partial charge in [0, 0.05) is 29.2 Å². The number of amides is 2. The van der Waals surface area contributed by atoms with Crippen LogP contribution in [-0.4, -0.2) is 39.4 Å². The number of phenols is 1. The number of imide groups is 1. The fourth-order valence-corrected chi connectivity index (χ4v) is 7.46. The molecule has 4 aliphatic carbocycles. The van der Waals surface area contributed by atoms with Gasteiger partial charge in [-0.2, -0.15) is 0 Å². The van der Waals surface area contributed by atoms with Gasteiger partial charge < -0.3 is 5.11 Å². The van der Waals surface area contributed by atoms with Crippen molar-refractivity contribution in [3.8, 4) is 5.75 Å². The molecule has 1 aliphatic heterocycles. The predicted octanol–water partition coefficient (Wildman–Crippen LogP) is 4.63. The number of phenolic OH excluding ortho intramolecular Hbond substituents is 1. The molecule has 1 saturated heterocycles. The first-order chi connectivity index (χ1) is 17.3. The highest BCUT2D eigenvalue weighted by molar-refractivity contribution is 9.12. The van der Waals surface area contributed by atoms with E-state index in [9.17, 15) is 28.7 Å². The first-order valence-electron chi connectivity index (χ1n) is 12.5. The van der Waals surface area contributed by atoms with Crippen molar-refractivity contribution in [2.75, 3.05) is 0 Å². The van der Waals surface area contributed by atoms with E-state index < -0.39 is 35.2 Å². The van der Waals surface area contributed by atoms with Crippen LogP contribution in [0.5, 0.6) is 5.75 Å². The van der Waals surface area contributed by atoms with E-state index >= 15 is 0 Å². The molecule has 2 amide bonds. The average molecular weight is 554 g/mol. The number of aromatic hydroxyl groups is 1. The molecule has 6 rings (SSSR count). The largest absolute Gasteiger partial charge is 0.505 e. The second kappa shape index (κ2) is 8.61. The van der Waals surface area contributed by atoms with Crippen LogP contribution in [0.25, 0.3) is 0 Å². The Kier molecular flexibility index (Phi) is 5.63. The molecule has 0 unspecified atom stereocenters. The predicted molar refractivity (Wildman–Crippen MR) is 131 cm³/mol. The molecule has 0 bridgehead atoms. The molecule has 1 N–H and O–H groups in total. The van der Waals surface area contributed by atoms with Crippen molar-refractivity contribution < 1.29 is 28.7 Å². The van der Waals surface area contributed by atoms with E-state index in [1.165, 1.54) is 23.1 Å². The van der Waals surface area contributed by atoms with Crippen LogP contribution in [0.3, 0.4) is 0 Å². The van der Waals surface area contributed by atoms with Crippen molar-refractivity contribution in [2.24, 2.45) is 17.8 Å². The zero-order chi connectivity index (χ0) is 25.3. The summed E-state index contributed by atoms with van der Waals surface area (Å²) in [6, 6.07) is 3.88. The number of nitrogens with zero attached hydrogens (tertiary/aromatic N) is 1. The first kappa shape index (κ1) is 23.5. The molecule has 5 aliphatic rings. The van der Waals surface area contributed by atoms with Gasteiger partial charge in [-0.25, -0.2) is 4.39 Å². The maximum atomic E-state index is 14.4. The van der Waals surface area contributed by atoms with E-state index in [4.69, 9.17) is 0 Å². The minimum atomic E-state index is -0.826. The van der Waals surface area contributed by atoms with Gasteiger partial charge in [0.1, 0.15) is 0 Å². The minimum Gasteiger partial charge on any atom is -0.505 e. The Morgan fingerprint density at radius 3 is 2.47 bits per heavy atom. The van der Waals surface area contributed by atoms with E-state index in [-0.39, 0.29) is 45.9 Å². The van der Waals surface area contributed by atoms with Crippen LogP contribution in [0.15, 0.2) is 51.6 Å². The number of carbonyl (C=O) groups excluding carboxylic acids is 4. The second-order valence-corrected chi connectivity index (χ2v) is 11.3. The van der Waals surface area contributed by atoms with E-state index in [1.54, 1.807) is 6.07 Å². The summed E-state index contributed by atoms with van der Waals surface area (Å²) in [7, 11) is 0. The fraction of sp³-hybridized carbons (Fsp3) is 0.429. The van der Waals surface area contributed by atoms with Crippen molar-refractivity contribution in [1.29, 1.82) is 0 Å². The van der Waals surface area contributed by atoms with Crippen LogP contribution in [0.1, 0.15) is 56.4 Å². The van der Waals surface area contributed by atoms with Gasteiger partial charge in [-0.15, -0.1) is 0 Å². The molecule has 1 saturated carbocycles. The lowest BCUT2D eigenvalue weighted by atomic mass is 9.59. The number of allylic oxidation sites excluding steroid dienone is 6. The summed E-state index contributed by atoms with van der Waals surface area (Å²) in [4.78, 5) is 55.2. The van der Waals surface area contributed by atoms with E-state index in [2.05, 4.69) is 15.9 Å². The maximum Gasteiger partial charge on any atom is 0.233 e. The zero-order valence-electron chi connectivity index (χ0n) is 19.5. The van der Waals surface area contributed by atoms with Crippen LogP contribution in [0.4, 0.5) is 4.39 Å². The lowest BCUT2D eigenvalue weighted by Gasteiger charge is -2.42. The summed E-state index contributed by atoms with van der Waals surface area (Å²) >= 11 is 3.20. The number of rotatable bonds is 2. The molecule has 0 radical (unpaired) electrons. The lowest BCUT2D eigenvalue weighted by Crippen LogP contribution is -2.43. The summed E-state index contributed by atoms with van der Waals surface area (Å²) < 4.78 is 14.6. The number of benzene rings is 1. The number of fused-ring (bicyclic) bond motifs is 3. The van der Waals surface area contributed by atoms with Crippen LogP contribution in [0, 0.1) is 23.6 Å². The Morgan fingerprint density at radius 2 is 1.75 bits per heavy atom. The van der Waals surface area contributed by atoms with Gasteiger partial charge in [0.05, 0.1) is 16.3 Å². The second-order valence-electron chi connectivity index (χ2n) is 10.4. The molecule has 2 fully saturated rings. The number of hydrogen-bond acceptors (Lipinski definition) is 5. The van der Waals surface area contributed by atoms with Crippen molar-refractivity contribution in [1.82, 2.24) is 4.90 Å². The van der Waals surface area contributed by atoms with Crippen molar-refractivity contribution in [3.05, 3.63) is 62.9 Å². The third kappa shape index (κ3) is 3.40. The zero-order valence-corrected chi connectivity index (χ0v) is 21.1. The van der Waals surface area contributed by atoms with Crippen molar-refractivity contribution >= 4 is 39.3 Å². The van der Waals surface area contributed by atoms with Gasteiger partial charge in [-0.1, -0.05) is 37.0 Å². The number of hydrogen-bond donors (Lipinski definition) is 1. The van der Waals surface area contributed by atoms with Gasteiger partial charge in [0.25, 0.3) is 0 Å². The van der Waals surface area contributed by atoms with E-state index in [1.807, 2.05) is 6.08 Å². The van der Waals surface area contributed by atoms with Crippen LogP contribution >= 0.6 is 15.9 Å².